The number of benzene rings is 1. The molecule has 1 aromatic carbocycles. The van der Waals surface area contributed by atoms with Gasteiger partial charge in [0.2, 0.25) is 0 Å². The summed E-state index contributed by atoms with van der Waals surface area (Å²) in [5, 5.41) is 13.4. The quantitative estimate of drug-likeness (QED) is 0.693. The largest absolute Gasteiger partial charge is 0.389 e. The van der Waals surface area contributed by atoms with E-state index in [0.717, 1.165) is 17.9 Å². The molecule has 4 unspecified atom stereocenters. The van der Waals surface area contributed by atoms with Gasteiger partial charge in [-0.25, -0.2) is 0 Å². The molecule has 0 aliphatic carbocycles. The summed E-state index contributed by atoms with van der Waals surface area (Å²) in [5.41, 5.74) is 1.14. The summed E-state index contributed by atoms with van der Waals surface area (Å²) < 4.78 is 5.73. The Morgan fingerprint density at radius 1 is 1.14 bits per heavy atom. The van der Waals surface area contributed by atoms with Crippen molar-refractivity contribution in [2.75, 3.05) is 13.2 Å². The lowest BCUT2D eigenvalue weighted by molar-refractivity contribution is -0.00292. The van der Waals surface area contributed by atoms with Crippen LogP contribution >= 0.6 is 0 Å². The number of nitrogens with one attached hydrogen (secondary N) is 1. The molecule has 2 N–H and O–H groups in total. The van der Waals surface area contributed by atoms with Gasteiger partial charge in [0.1, 0.15) is 0 Å². The molecular formula is C18H31NO2. The first-order valence-electron chi connectivity index (χ1n) is 8.10. The van der Waals surface area contributed by atoms with Crippen LogP contribution in [0.3, 0.4) is 0 Å². The number of aliphatic hydroxyl groups excluding tert-OH is 1. The molecule has 0 amide bonds. The van der Waals surface area contributed by atoms with E-state index in [-0.39, 0.29) is 6.10 Å². The van der Waals surface area contributed by atoms with Crippen molar-refractivity contribution in [1.29, 1.82) is 0 Å². The second-order valence-corrected chi connectivity index (χ2v) is 6.10. The molecule has 0 aliphatic heterocycles. The van der Waals surface area contributed by atoms with E-state index in [1.54, 1.807) is 0 Å². The summed E-state index contributed by atoms with van der Waals surface area (Å²) in [6, 6.07) is 10.5. The standard InChI is InChI=1S/C18H31NO2/c1-5-14(2)11-15(3)19-12-18(20)13-21-16(4)17-9-7-6-8-10-17/h6-10,14-16,18-20H,5,11-13H2,1-4H3. The Balaban J connectivity index is 2.20. The highest BCUT2D eigenvalue weighted by atomic mass is 16.5. The van der Waals surface area contributed by atoms with Crippen LogP contribution in [-0.2, 0) is 4.74 Å². The van der Waals surface area contributed by atoms with Crippen LogP contribution in [0.15, 0.2) is 30.3 Å². The maximum Gasteiger partial charge on any atom is 0.0898 e. The van der Waals surface area contributed by atoms with Crippen LogP contribution in [0.2, 0.25) is 0 Å². The van der Waals surface area contributed by atoms with Crippen LogP contribution in [0.5, 0.6) is 0 Å². The highest BCUT2D eigenvalue weighted by molar-refractivity contribution is 5.16. The number of ether oxygens (including phenoxy) is 1. The van der Waals surface area contributed by atoms with E-state index >= 15 is 0 Å². The second-order valence-electron chi connectivity index (χ2n) is 6.10. The molecular weight excluding hydrogens is 262 g/mol. The zero-order chi connectivity index (χ0) is 15.7. The van der Waals surface area contributed by atoms with Crippen molar-refractivity contribution in [3.05, 3.63) is 35.9 Å². The van der Waals surface area contributed by atoms with Crippen LogP contribution < -0.4 is 5.32 Å². The zero-order valence-corrected chi connectivity index (χ0v) is 13.9. The van der Waals surface area contributed by atoms with Gasteiger partial charge in [0, 0.05) is 12.6 Å². The van der Waals surface area contributed by atoms with E-state index in [0.29, 0.717) is 19.2 Å². The highest BCUT2D eigenvalue weighted by Gasteiger charge is 2.12. The molecule has 1 rings (SSSR count). The third kappa shape index (κ3) is 7.60. The predicted molar refractivity (Wildman–Crippen MR) is 88.4 cm³/mol. The Hall–Kier alpha value is -0.900. The Kier molecular flexibility index (Phi) is 8.58. The van der Waals surface area contributed by atoms with Gasteiger partial charge in [-0.2, -0.15) is 0 Å². The molecule has 21 heavy (non-hydrogen) atoms. The van der Waals surface area contributed by atoms with Gasteiger partial charge < -0.3 is 15.2 Å². The smallest absolute Gasteiger partial charge is 0.0898 e. The SMILES string of the molecule is CCC(C)CC(C)NCC(O)COC(C)c1ccccc1. The Morgan fingerprint density at radius 2 is 1.81 bits per heavy atom. The van der Waals surface area contributed by atoms with Crippen LogP contribution in [-0.4, -0.2) is 30.4 Å². The van der Waals surface area contributed by atoms with Crippen LogP contribution in [0.25, 0.3) is 0 Å². The first-order chi connectivity index (χ1) is 10.0. The average Bonchev–Trinajstić information content (AvgIpc) is 2.51. The fourth-order valence-corrected chi connectivity index (χ4v) is 2.33. The molecule has 0 heterocycles. The minimum Gasteiger partial charge on any atom is -0.389 e. The fraction of sp³-hybridized carbons (Fsp3) is 0.667. The van der Waals surface area contributed by atoms with Crippen molar-refractivity contribution in [1.82, 2.24) is 5.32 Å². The van der Waals surface area contributed by atoms with Gasteiger partial charge in [-0.3, -0.25) is 0 Å². The molecule has 0 aromatic heterocycles. The van der Waals surface area contributed by atoms with Crippen LogP contribution in [0, 0.1) is 5.92 Å². The van der Waals surface area contributed by atoms with E-state index in [1.165, 1.54) is 6.42 Å². The monoisotopic (exact) mass is 293 g/mol. The summed E-state index contributed by atoms with van der Waals surface area (Å²) in [6.45, 7) is 9.61. The summed E-state index contributed by atoms with van der Waals surface area (Å²) >= 11 is 0. The lowest BCUT2D eigenvalue weighted by atomic mass is 10.0. The van der Waals surface area contributed by atoms with Gasteiger partial charge in [0.15, 0.2) is 0 Å². The van der Waals surface area contributed by atoms with E-state index in [4.69, 9.17) is 4.74 Å². The molecule has 0 spiro atoms. The molecule has 0 bridgehead atoms. The van der Waals surface area contributed by atoms with Gasteiger partial charge in [0.05, 0.1) is 18.8 Å². The van der Waals surface area contributed by atoms with Crippen LogP contribution in [0.1, 0.15) is 52.2 Å². The molecule has 1 aromatic rings. The average molecular weight is 293 g/mol. The number of rotatable bonds is 10. The van der Waals surface area contributed by atoms with Gasteiger partial charge in [0.25, 0.3) is 0 Å². The zero-order valence-electron chi connectivity index (χ0n) is 13.9. The van der Waals surface area contributed by atoms with Gasteiger partial charge in [-0.1, -0.05) is 50.6 Å². The fourth-order valence-electron chi connectivity index (χ4n) is 2.33. The lowest BCUT2D eigenvalue weighted by Crippen LogP contribution is -2.36. The van der Waals surface area contributed by atoms with Crippen molar-refractivity contribution in [2.45, 2.75) is 58.8 Å². The van der Waals surface area contributed by atoms with E-state index in [9.17, 15) is 5.11 Å². The number of hydrogen-bond acceptors (Lipinski definition) is 3. The predicted octanol–water partition coefficient (Wildman–Crippen LogP) is 3.54. The molecule has 3 heteroatoms. The molecule has 0 radical (unpaired) electrons. The van der Waals surface area contributed by atoms with Crippen molar-refractivity contribution < 1.29 is 9.84 Å². The van der Waals surface area contributed by atoms with Crippen molar-refractivity contribution >= 4 is 0 Å². The summed E-state index contributed by atoms with van der Waals surface area (Å²) in [6.07, 6.45) is 1.89. The van der Waals surface area contributed by atoms with Crippen LogP contribution in [0.4, 0.5) is 0 Å². The molecule has 0 aliphatic rings. The van der Waals surface area contributed by atoms with Crippen molar-refractivity contribution in [3.63, 3.8) is 0 Å². The third-order valence-corrected chi connectivity index (χ3v) is 3.96. The molecule has 0 fully saturated rings. The minimum atomic E-state index is -0.462. The third-order valence-electron chi connectivity index (χ3n) is 3.96. The summed E-state index contributed by atoms with van der Waals surface area (Å²) in [5.74, 6) is 0.721. The Labute approximate surface area is 129 Å². The van der Waals surface area contributed by atoms with Gasteiger partial charge in [-0.05, 0) is 31.7 Å². The highest BCUT2D eigenvalue weighted by Crippen LogP contribution is 2.16. The molecule has 0 saturated heterocycles. The van der Waals surface area contributed by atoms with E-state index < -0.39 is 6.10 Å². The minimum absolute atomic E-state index is 0.0124. The maximum absolute atomic E-state index is 10.00. The first kappa shape index (κ1) is 18.1. The molecule has 120 valence electrons. The lowest BCUT2D eigenvalue weighted by Gasteiger charge is -2.21. The molecule has 3 nitrogen and oxygen atoms in total. The summed E-state index contributed by atoms with van der Waals surface area (Å²) in [4.78, 5) is 0. The van der Waals surface area contributed by atoms with Crippen molar-refractivity contribution in [3.8, 4) is 0 Å². The van der Waals surface area contributed by atoms with Gasteiger partial charge >= 0.3 is 0 Å². The topological polar surface area (TPSA) is 41.5 Å². The number of aliphatic hydroxyl groups is 1. The van der Waals surface area contributed by atoms with Gasteiger partial charge in [-0.15, -0.1) is 0 Å². The Morgan fingerprint density at radius 3 is 2.43 bits per heavy atom. The normalized spacial score (nSPS) is 17.2. The van der Waals surface area contributed by atoms with Crippen molar-refractivity contribution in [2.24, 2.45) is 5.92 Å². The number of hydrogen-bond donors (Lipinski definition) is 2. The van der Waals surface area contributed by atoms with E-state index in [2.05, 4.69) is 26.1 Å². The Bertz CT molecular complexity index is 369. The van der Waals surface area contributed by atoms with E-state index in [1.807, 2.05) is 37.3 Å². The first-order valence-corrected chi connectivity index (χ1v) is 8.10. The molecule has 4 atom stereocenters. The molecule has 0 saturated carbocycles. The maximum atomic E-state index is 10.00. The summed E-state index contributed by atoms with van der Waals surface area (Å²) in [7, 11) is 0. The second kappa shape index (κ2) is 9.93.